The minimum atomic E-state index is -0.257. The van der Waals surface area contributed by atoms with Crippen molar-refractivity contribution in [2.75, 3.05) is 20.1 Å². The van der Waals surface area contributed by atoms with Gasteiger partial charge in [0.25, 0.3) is 0 Å². The summed E-state index contributed by atoms with van der Waals surface area (Å²) in [6.07, 6.45) is 7.45. The molecule has 98 valence electrons. The molecule has 4 nitrogen and oxygen atoms in total. The molecule has 0 atom stereocenters. The van der Waals surface area contributed by atoms with Crippen LogP contribution in [0.2, 0.25) is 0 Å². The van der Waals surface area contributed by atoms with Gasteiger partial charge in [0.1, 0.15) is 0 Å². The lowest BCUT2D eigenvalue weighted by molar-refractivity contribution is -0.145. The van der Waals surface area contributed by atoms with Crippen molar-refractivity contribution in [2.45, 2.75) is 25.7 Å². The van der Waals surface area contributed by atoms with Crippen molar-refractivity contribution < 1.29 is 4.79 Å². The molecule has 18 heavy (non-hydrogen) atoms. The Balaban J connectivity index is 1.88. The molecule has 0 unspecified atom stereocenters. The standard InChI is InChI=1S/C14H21N3O/c1-17(10-5-12-3-8-16-9-4-12)13(18)14(11-15)6-2-7-14/h3-4,8-9H,2,5-7,10-11,15H2,1H3. The Kier molecular flexibility index (Phi) is 3.97. The third kappa shape index (κ3) is 2.53. The zero-order valence-electron chi connectivity index (χ0n) is 10.9. The Morgan fingerprint density at radius 1 is 1.44 bits per heavy atom. The summed E-state index contributed by atoms with van der Waals surface area (Å²) >= 11 is 0. The van der Waals surface area contributed by atoms with E-state index >= 15 is 0 Å². The number of nitrogens with zero attached hydrogens (tertiary/aromatic N) is 2. The van der Waals surface area contributed by atoms with Crippen LogP contribution in [-0.2, 0) is 11.2 Å². The van der Waals surface area contributed by atoms with Gasteiger partial charge < -0.3 is 10.6 Å². The number of nitrogens with two attached hydrogens (primary N) is 1. The normalized spacial score (nSPS) is 17.0. The van der Waals surface area contributed by atoms with Crippen LogP contribution in [0.3, 0.4) is 0 Å². The zero-order valence-corrected chi connectivity index (χ0v) is 10.9. The van der Waals surface area contributed by atoms with Gasteiger partial charge in [0, 0.05) is 32.5 Å². The summed E-state index contributed by atoms with van der Waals surface area (Å²) in [6, 6.07) is 3.97. The molecular formula is C14H21N3O. The van der Waals surface area contributed by atoms with Crippen LogP contribution in [0, 0.1) is 5.41 Å². The van der Waals surface area contributed by atoms with E-state index in [1.54, 1.807) is 12.4 Å². The molecule has 1 heterocycles. The lowest BCUT2D eigenvalue weighted by atomic mass is 9.68. The summed E-state index contributed by atoms with van der Waals surface area (Å²) in [4.78, 5) is 18.1. The Labute approximate surface area is 108 Å². The molecule has 1 amide bonds. The number of carbonyl (C=O) groups is 1. The molecule has 0 aliphatic heterocycles. The molecule has 1 aliphatic carbocycles. The topological polar surface area (TPSA) is 59.2 Å². The van der Waals surface area contributed by atoms with Crippen molar-refractivity contribution in [2.24, 2.45) is 11.1 Å². The van der Waals surface area contributed by atoms with Crippen molar-refractivity contribution in [1.29, 1.82) is 0 Å². The van der Waals surface area contributed by atoms with Gasteiger partial charge in [-0.05, 0) is 37.0 Å². The predicted octanol–water partition coefficient (Wildman–Crippen LogP) is 1.21. The number of aromatic nitrogens is 1. The molecule has 0 radical (unpaired) electrons. The number of hydrogen-bond donors (Lipinski definition) is 1. The van der Waals surface area contributed by atoms with Gasteiger partial charge in [0.2, 0.25) is 5.91 Å². The number of pyridine rings is 1. The van der Waals surface area contributed by atoms with Crippen LogP contribution >= 0.6 is 0 Å². The van der Waals surface area contributed by atoms with Crippen LogP contribution in [0.4, 0.5) is 0 Å². The fourth-order valence-electron chi connectivity index (χ4n) is 2.46. The minimum absolute atomic E-state index is 0.213. The van der Waals surface area contributed by atoms with Gasteiger partial charge in [0.05, 0.1) is 5.41 Å². The Morgan fingerprint density at radius 2 is 2.11 bits per heavy atom. The second-order valence-electron chi connectivity index (χ2n) is 5.17. The number of likely N-dealkylation sites (N-methyl/N-ethyl adjacent to an activating group) is 1. The van der Waals surface area contributed by atoms with Crippen LogP contribution in [0.1, 0.15) is 24.8 Å². The molecular weight excluding hydrogens is 226 g/mol. The Bertz CT molecular complexity index is 395. The van der Waals surface area contributed by atoms with E-state index in [0.717, 1.165) is 32.2 Å². The second kappa shape index (κ2) is 5.48. The molecule has 1 fully saturated rings. The molecule has 0 saturated heterocycles. The van der Waals surface area contributed by atoms with Crippen LogP contribution in [0.5, 0.6) is 0 Å². The highest BCUT2D eigenvalue weighted by Gasteiger charge is 2.44. The highest BCUT2D eigenvalue weighted by molar-refractivity contribution is 5.83. The van der Waals surface area contributed by atoms with Crippen molar-refractivity contribution in [1.82, 2.24) is 9.88 Å². The molecule has 2 rings (SSSR count). The van der Waals surface area contributed by atoms with E-state index in [-0.39, 0.29) is 11.3 Å². The highest BCUT2D eigenvalue weighted by Crippen LogP contribution is 2.41. The van der Waals surface area contributed by atoms with Gasteiger partial charge in [-0.2, -0.15) is 0 Å². The van der Waals surface area contributed by atoms with E-state index in [1.807, 2.05) is 24.1 Å². The van der Waals surface area contributed by atoms with Crippen LogP contribution in [-0.4, -0.2) is 35.9 Å². The molecule has 1 aromatic rings. The maximum absolute atomic E-state index is 12.3. The summed E-state index contributed by atoms with van der Waals surface area (Å²) < 4.78 is 0. The molecule has 0 bridgehead atoms. The fourth-order valence-corrected chi connectivity index (χ4v) is 2.46. The monoisotopic (exact) mass is 247 g/mol. The third-order valence-electron chi connectivity index (χ3n) is 3.99. The average molecular weight is 247 g/mol. The highest BCUT2D eigenvalue weighted by atomic mass is 16.2. The molecule has 0 spiro atoms. The molecule has 0 aromatic carbocycles. The van der Waals surface area contributed by atoms with E-state index in [0.29, 0.717) is 6.54 Å². The first kappa shape index (κ1) is 13.0. The first-order valence-corrected chi connectivity index (χ1v) is 6.52. The predicted molar refractivity (Wildman–Crippen MR) is 70.9 cm³/mol. The van der Waals surface area contributed by atoms with E-state index < -0.39 is 0 Å². The zero-order chi connectivity index (χ0) is 13.0. The van der Waals surface area contributed by atoms with Gasteiger partial charge in [0.15, 0.2) is 0 Å². The SMILES string of the molecule is CN(CCc1ccncc1)C(=O)C1(CN)CCC1. The summed E-state index contributed by atoms with van der Waals surface area (Å²) in [5.41, 5.74) is 6.71. The lowest BCUT2D eigenvalue weighted by Gasteiger charge is -2.41. The van der Waals surface area contributed by atoms with E-state index in [2.05, 4.69) is 4.98 Å². The number of hydrogen-bond acceptors (Lipinski definition) is 3. The van der Waals surface area contributed by atoms with Gasteiger partial charge in [-0.25, -0.2) is 0 Å². The average Bonchev–Trinajstić information content (AvgIpc) is 2.36. The van der Waals surface area contributed by atoms with Crippen molar-refractivity contribution in [3.8, 4) is 0 Å². The summed E-state index contributed by atoms with van der Waals surface area (Å²) in [5, 5.41) is 0. The molecule has 4 heteroatoms. The summed E-state index contributed by atoms with van der Waals surface area (Å²) in [7, 11) is 1.87. The van der Waals surface area contributed by atoms with Gasteiger partial charge in [-0.15, -0.1) is 0 Å². The van der Waals surface area contributed by atoms with Gasteiger partial charge in [-0.3, -0.25) is 9.78 Å². The van der Waals surface area contributed by atoms with E-state index in [9.17, 15) is 4.79 Å². The van der Waals surface area contributed by atoms with Crippen molar-refractivity contribution in [3.05, 3.63) is 30.1 Å². The number of amides is 1. The number of carbonyl (C=O) groups excluding carboxylic acids is 1. The quantitative estimate of drug-likeness (QED) is 0.851. The van der Waals surface area contributed by atoms with Crippen LogP contribution in [0.15, 0.2) is 24.5 Å². The number of rotatable bonds is 5. The first-order chi connectivity index (χ1) is 8.68. The van der Waals surface area contributed by atoms with Gasteiger partial charge >= 0.3 is 0 Å². The molecule has 1 aromatic heterocycles. The molecule has 1 saturated carbocycles. The fraction of sp³-hybridized carbons (Fsp3) is 0.571. The smallest absolute Gasteiger partial charge is 0.229 e. The van der Waals surface area contributed by atoms with E-state index in [4.69, 9.17) is 5.73 Å². The Hall–Kier alpha value is -1.42. The maximum atomic E-state index is 12.3. The molecule has 2 N–H and O–H groups in total. The third-order valence-corrected chi connectivity index (χ3v) is 3.99. The minimum Gasteiger partial charge on any atom is -0.345 e. The van der Waals surface area contributed by atoms with Crippen LogP contribution in [0.25, 0.3) is 0 Å². The van der Waals surface area contributed by atoms with E-state index in [1.165, 1.54) is 5.56 Å². The molecule has 1 aliphatic rings. The largest absolute Gasteiger partial charge is 0.345 e. The Morgan fingerprint density at radius 3 is 2.61 bits per heavy atom. The maximum Gasteiger partial charge on any atom is 0.229 e. The summed E-state index contributed by atoms with van der Waals surface area (Å²) in [5.74, 6) is 0.213. The van der Waals surface area contributed by atoms with Crippen LogP contribution < -0.4 is 5.73 Å². The second-order valence-corrected chi connectivity index (χ2v) is 5.17. The van der Waals surface area contributed by atoms with Crippen molar-refractivity contribution >= 4 is 5.91 Å². The van der Waals surface area contributed by atoms with Gasteiger partial charge in [-0.1, -0.05) is 6.42 Å². The van der Waals surface area contributed by atoms with Crippen molar-refractivity contribution in [3.63, 3.8) is 0 Å². The lowest BCUT2D eigenvalue weighted by Crippen LogP contribution is -2.51. The first-order valence-electron chi connectivity index (χ1n) is 6.52. The summed E-state index contributed by atoms with van der Waals surface area (Å²) in [6.45, 7) is 1.22.